The van der Waals surface area contributed by atoms with Crippen LogP contribution in [-0.4, -0.2) is 35.1 Å². The lowest BCUT2D eigenvalue weighted by Gasteiger charge is -2.29. The minimum absolute atomic E-state index is 0.116. The Hall–Kier alpha value is -1.57. The van der Waals surface area contributed by atoms with Crippen molar-refractivity contribution in [3.8, 4) is 0 Å². The molecule has 4 nitrogen and oxygen atoms in total. The Labute approximate surface area is 201 Å². The van der Waals surface area contributed by atoms with Crippen LogP contribution in [0.1, 0.15) is 37.8 Å². The molecule has 0 aliphatic carbocycles. The monoisotopic (exact) mass is 528 g/mol. The molecule has 2 aromatic carbocycles. The van der Waals surface area contributed by atoms with E-state index in [1.165, 1.54) is 17.8 Å². The van der Waals surface area contributed by atoms with Gasteiger partial charge in [-0.2, -0.15) is 0 Å². The van der Waals surface area contributed by atoms with Crippen molar-refractivity contribution < 1.29 is 14.0 Å². The van der Waals surface area contributed by atoms with E-state index in [1.54, 1.807) is 24.0 Å². The van der Waals surface area contributed by atoms with Gasteiger partial charge in [0, 0.05) is 33.9 Å². The van der Waals surface area contributed by atoms with Gasteiger partial charge < -0.3 is 10.2 Å². The average molecular weight is 530 g/mol. The number of hydrogen-bond donors (Lipinski definition) is 1. The average Bonchev–Trinajstić information content (AvgIpc) is 2.73. The van der Waals surface area contributed by atoms with E-state index in [4.69, 9.17) is 11.6 Å². The summed E-state index contributed by atoms with van der Waals surface area (Å²) < 4.78 is 14.9. The van der Waals surface area contributed by atoms with Crippen molar-refractivity contribution in [3.05, 3.63) is 68.9 Å². The zero-order valence-electron chi connectivity index (χ0n) is 17.7. The summed E-state index contributed by atoms with van der Waals surface area (Å²) in [5, 5.41) is 3.24. The zero-order valence-corrected chi connectivity index (χ0v) is 20.8. The van der Waals surface area contributed by atoms with E-state index in [2.05, 4.69) is 28.2 Å². The summed E-state index contributed by atoms with van der Waals surface area (Å²) in [6.07, 6.45) is 1.86. The lowest BCUT2D eigenvalue weighted by atomic mass is 10.1. The molecule has 0 heterocycles. The standard InChI is InChI=1S/C23H27BrClFN2O2S/c1-3-4-11-27-23(30)16(2)28(13-17-7-5-8-18(24)12-17)22(29)15-31-14-19-20(25)9-6-10-21(19)26/h5-10,12,16H,3-4,11,13-15H2,1-2H3,(H,27,30). The fourth-order valence-corrected chi connectivity index (χ4v) is 4.64. The first-order valence-corrected chi connectivity index (χ1v) is 12.5. The molecule has 2 aromatic rings. The van der Waals surface area contributed by atoms with Crippen LogP contribution in [0.4, 0.5) is 4.39 Å². The van der Waals surface area contributed by atoms with Crippen LogP contribution >= 0.6 is 39.3 Å². The highest BCUT2D eigenvalue weighted by Gasteiger charge is 2.26. The molecule has 31 heavy (non-hydrogen) atoms. The summed E-state index contributed by atoms with van der Waals surface area (Å²) in [6.45, 7) is 4.67. The van der Waals surface area contributed by atoms with Gasteiger partial charge in [-0.25, -0.2) is 4.39 Å². The molecule has 0 spiro atoms. The van der Waals surface area contributed by atoms with E-state index in [1.807, 2.05) is 24.3 Å². The summed E-state index contributed by atoms with van der Waals surface area (Å²) >= 11 is 10.8. The maximum absolute atomic E-state index is 14.0. The van der Waals surface area contributed by atoms with E-state index in [0.717, 1.165) is 22.9 Å². The SMILES string of the molecule is CCCCNC(=O)C(C)N(Cc1cccc(Br)c1)C(=O)CSCc1c(F)cccc1Cl. The third-order valence-corrected chi connectivity index (χ3v) is 6.56. The maximum Gasteiger partial charge on any atom is 0.242 e. The van der Waals surface area contributed by atoms with Crippen LogP contribution in [0.3, 0.4) is 0 Å². The molecule has 0 aliphatic rings. The molecule has 0 saturated carbocycles. The fraction of sp³-hybridized carbons (Fsp3) is 0.391. The topological polar surface area (TPSA) is 49.4 Å². The molecule has 2 amide bonds. The van der Waals surface area contributed by atoms with E-state index in [0.29, 0.717) is 23.7 Å². The molecule has 1 unspecified atom stereocenters. The second-order valence-electron chi connectivity index (χ2n) is 7.17. The Morgan fingerprint density at radius 3 is 2.68 bits per heavy atom. The second kappa shape index (κ2) is 13.1. The molecular weight excluding hydrogens is 503 g/mol. The number of carbonyl (C=O) groups is 2. The number of benzene rings is 2. The number of nitrogens with zero attached hydrogens (tertiary/aromatic N) is 1. The molecule has 168 valence electrons. The van der Waals surface area contributed by atoms with Crippen LogP contribution in [0.5, 0.6) is 0 Å². The van der Waals surface area contributed by atoms with Gasteiger partial charge in [-0.3, -0.25) is 9.59 Å². The zero-order chi connectivity index (χ0) is 22.8. The Kier molecular flexibility index (Phi) is 10.8. The Morgan fingerprint density at radius 2 is 2.00 bits per heavy atom. The number of unbranched alkanes of at least 4 members (excludes halogenated alkanes) is 1. The van der Waals surface area contributed by atoms with Crippen LogP contribution in [0.25, 0.3) is 0 Å². The van der Waals surface area contributed by atoms with Gasteiger partial charge in [0.05, 0.1) is 5.75 Å². The molecule has 0 aliphatic heterocycles. The van der Waals surface area contributed by atoms with Gasteiger partial charge in [0.15, 0.2) is 0 Å². The smallest absolute Gasteiger partial charge is 0.242 e. The van der Waals surface area contributed by atoms with Crippen LogP contribution in [-0.2, 0) is 21.9 Å². The maximum atomic E-state index is 14.0. The molecule has 0 saturated heterocycles. The highest BCUT2D eigenvalue weighted by atomic mass is 79.9. The number of hydrogen-bond acceptors (Lipinski definition) is 3. The van der Waals surface area contributed by atoms with E-state index >= 15 is 0 Å². The normalized spacial score (nSPS) is 11.8. The molecule has 1 N–H and O–H groups in total. The van der Waals surface area contributed by atoms with E-state index in [9.17, 15) is 14.0 Å². The molecule has 0 bridgehead atoms. The summed E-state index contributed by atoms with van der Waals surface area (Å²) in [6, 6.07) is 11.5. The van der Waals surface area contributed by atoms with Crippen molar-refractivity contribution in [2.75, 3.05) is 12.3 Å². The highest BCUT2D eigenvalue weighted by molar-refractivity contribution is 9.10. The predicted molar refractivity (Wildman–Crippen MR) is 130 cm³/mol. The number of carbonyl (C=O) groups excluding carboxylic acids is 2. The van der Waals surface area contributed by atoms with Crippen molar-refractivity contribution in [1.29, 1.82) is 0 Å². The van der Waals surface area contributed by atoms with Crippen molar-refractivity contribution in [3.63, 3.8) is 0 Å². The van der Waals surface area contributed by atoms with Gasteiger partial charge in [-0.1, -0.05) is 59.1 Å². The quantitative estimate of drug-likeness (QED) is 0.374. The highest BCUT2D eigenvalue weighted by Crippen LogP contribution is 2.24. The molecular formula is C23H27BrClFN2O2S. The number of thioether (sulfide) groups is 1. The molecule has 1 atom stereocenters. The molecule has 0 aromatic heterocycles. The summed E-state index contributed by atoms with van der Waals surface area (Å²) in [4.78, 5) is 27.2. The van der Waals surface area contributed by atoms with Gasteiger partial charge in [-0.15, -0.1) is 11.8 Å². The third-order valence-electron chi connectivity index (χ3n) is 4.77. The van der Waals surface area contributed by atoms with E-state index in [-0.39, 0.29) is 29.1 Å². The van der Waals surface area contributed by atoms with Gasteiger partial charge in [0.1, 0.15) is 11.9 Å². The minimum atomic E-state index is -0.624. The first kappa shape index (κ1) is 25.7. The Bertz CT molecular complexity index is 879. The van der Waals surface area contributed by atoms with Crippen molar-refractivity contribution in [1.82, 2.24) is 10.2 Å². The molecule has 0 fully saturated rings. The predicted octanol–water partition coefficient (Wildman–Crippen LogP) is 5.81. The number of rotatable bonds is 11. The molecule has 0 radical (unpaired) electrons. The number of amides is 2. The lowest BCUT2D eigenvalue weighted by Crippen LogP contribution is -2.48. The van der Waals surface area contributed by atoms with Gasteiger partial charge >= 0.3 is 0 Å². The van der Waals surface area contributed by atoms with Crippen molar-refractivity contribution >= 4 is 51.1 Å². The van der Waals surface area contributed by atoms with Gasteiger partial charge in [0.2, 0.25) is 11.8 Å². The first-order chi connectivity index (χ1) is 14.8. The van der Waals surface area contributed by atoms with Crippen molar-refractivity contribution in [2.45, 2.75) is 45.0 Å². The Morgan fingerprint density at radius 1 is 1.26 bits per heavy atom. The summed E-state index contributed by atoms with van der Waals surface area (Å²) in [5.41, 5.74) is 1.30. The van der Waals surface area contributed by atoms with Crippen LogP contribution in [0.2, 0.25) is 5.02 Å². The van der Waals surface area contributed by atoms with Crippen molar-refractivity contribution in [2.24, 2.45) is 0 Å². The number of nitrogens with one attached hydrogen (secondary N) is 1. The van der Waals surface area contributed by atoms with Gasteiger partial charge in [-0.05, 0) is 43.2 Å². The van der Waals surface area contributed by atoms with Crippen LogP contribution < -0.4 is 5.32 Å². The second-order valence-corrected chi connectivity index (χ2v) is 9.47. The Balaban J connectivity index is 2.08. The van der Waals surface area contributed by atoms with Crippen LogP contribution in [0, 0.1) is 5.82 Å². The third kappa shape index (κ3) is 8.13. The molecule has 8 heteroatoms. The minimum Gasteiger partial charge on any atom is -0.354 e. The summed E-state index contributed by atoms with van der Waals surface area (Å²) in [5.74, 6) is -0.360. The largest absolute Gasteiger partial charge is 0.354 e. The first-order valence-electron chi connectivity index (χ1n) is 10.2. The molecule has 2 rings (SSSR count). The van der Waals surface area contributed by atoms with Crippen LogP contribution in [0.15, 0.2) is 46.9 Å². The lowest BCUT2D eigenvalue weighted by molar-refractivity contribution is -0.138. The fourth-order valence-electron chi connectivity index (χ4n) is 2.94. The van der Waals surface area contributed by atoms with Gasteiger partial charge in [0.25, 0.3) is 0 Å². The van der Waals surface area contributed by atoms with E-state index < -0.39 is 6.04 Å². The summed E-state index contributed by atoms with van der Waals surface area (Å²) in [7, 11) is 0. The number of halogens is 3.